The summed E-state index contributed by atoms with van der Waals surface area (Å²) in [5.41, 5.74) is 30.3. The van der Waals surface area contributed by atoms with Crippen LogP contribution < -0.4 is 9.80 Å². The molecule has 0 atom stereocenters. The Hall–Kier alpha value is -16.8. The minimum Gasteiger partial charge on any atom is -0.310 e. The summed E-state index contributed by atoms with van der Waals surface area (Å²) in [5, 5.41) is 17.4. The van der Waals surface area contributed by atoms with E-state index >= 15 is 0 Å². The first-order chi connectivity index (χ1) is 62.5. The Morgan fingerprint density at radius 3 is 0.817 bits per heavy atom. The molecule has 0 radical (unpaired) electrons. The second kappa shape index (κ2) is 30.7. The SMILES string of the molecule is c1ccc(-c2ccc(N(c3ccc(-c4ccc5c(c4)c4ccccc4n5-c4cccc5ccccc45)cc3)c3ccc4c5ccccc5n(-c5ccccc5)c4c3)cc2)cc1.c1ccc(-n2c3ccccc3c3ccc(N(c4ccc(-c5ccc6c(c5)c5ccccc5n6-c5cccc6ccccc56)cc4)c4ccc(-c5cccc6ccccc56)cc4)cc32)cc1. The molecule has 0 bridgehead atoms. The number of nitrogens with zero attached hydrogens (tertiary/aromatic N) is 6. The third-order valence-corrected chi connectivity index (χ3v) is 25.6. The molecular formula is C120H80N6. The van der Waals surface area contributed by atoms with Gasteiger partial charge in [-0.05, 0) is 224 Å². The Kier molecular flexibility index (Phi) is 17.8. The van der Waals surface area contributed by atoms with Gasteiger partial charge in [0.25, 0.3) is 0 Å². The topological polar surface area (TPSA) is 26.2 Å². The molecule has 0 aliphatic carbocycles. The number of hydrogen-bond acceptors (Lipinski definition) is 2. The van der Waals surface area contributed by atoms with Gasteiger partial charge in [0.2, 0.25) is 0 Å². The van der Waals surface area contributed by atoms with Crippen LogP contribution in [0.3, 0.4) is 0 Å². The van der Waals surface area contributed by atoms with Gasteiger partial charge in [-0.2, -0.15) is 0 Å². The maximum atomic E-state index is 2.43. The average molecular weight is 1610 g/mol. The van der Waals surface area contributed by atoms with Crippen molar-refractivity contribution in [3.8, 4) is 67.3 Å². The molecule has 0 aliphatic rings. The molecule has 0 spiro atoms. The highest BCUT2D eigenvalue weighted by Gasteiger charge is 2.24. The number of benzene rings is 21. The first-order valence-electron chi connectivity index (χ1n) is 43.3. The van der Waals surface area contributed by atoms with E-state index in [9.17, 15) is 0 Å². The molecular weight excluding hydrogens is 1530 g/mol. The van der Waals surface area contributed by atoms with Crippen molar-refractivity contribution in [3.05, 3.63) is 485 Å². The molecule has 0 saturated heterocycles. The Labute approximate surface area is 729 Å². The van der Waals surface area contributed by atoms with Gasteiger partial charge in [0, 0.05) is 99.4 Å². The summed E-state index contributed by atoms with van der Waals surface area (Å²) in [5.74, 6) is 0. The lowest BCUT2D eigenvalue weighted by Gasteiger charge is -2.26. The highest BCUT2D eigenvalue weighted by atomic mass is 15.2. The predicted molar refractivity (Wildman–Crippen MR) is 534 cm³/mol. The highest BCUT2D eigenvalue weighted by Crippen LogP contribution is 2.47. The van der Waals surface area contributed by atoms with Crippen LogP contribution in [0.2, 0.25) is 0 Å². The van der Waals surface area contributed by atoms with Crippen LogP contribution in [0.4, 0.5) is 34.1 Å². The van der Waals surface area contributed by atoms with Gasteiger partial charge < -0.3 is 28.1 Å². The van der Waals surface area contributed by atoms with Crippen LogP contribution in [0.15, 0.2) is 485 Å². The highest BCUT2D eigenvalue weighted by molar-refractivity contribution is 6.16. The van der Waals surface area contributed by atoms with E-state index in [0.29, 0.717) is 0 Å². The molecule has 25 rings (SSSR count). The van der Waals surface area contributed by atoms with Crippen molar-refractivity contribution in [2.75, 3.05) is 9.80 Å². The number of aromatic nitrogens is 4. The third-order valence-electron chi connectivity index (χ3n) is 25.6. The van der Waals surface area contributed by atoms with Crippen molar-refractivity contribution in [2.45, 2.75) is 0 Å². The van der Waals surface area contributed by atoms with Gasteiger partial charge >= 0.3 is 0 Å². The van der Waals surface area contributed by atoms with Crippen LogP contribution in [0, 0.1) is 0 Å². The van der Waals surface area contributed by atoms with E-state index in [1.807, 2.05) is 0 Å². The van der Waals surface area contributed by atoms with E-state index < -0.39 is 0 Å². The van der Waals surface area contributed by atoms with E-state index in [0.717, 1.165) is 45.5 Å². The van der Waals surface area contributed by atoms with Gasteiger partial charge in [0.15, 0.2) is 0 Å². The molecule has 0 unspecified atom stereocenters. The smallest absolute Gasteiger partial charge is 0.0561 e. The van der Waals surface area contributed by atoms with E-state index in [2.05, 4.69) is 513 Å². The second-order valence-electron chi connectivity index (χ2n) is 32.7. The lowest BCUT2D eigenvalue weighted by atomic mass is 9.98. The minimum atomic E-state index is 1.09. The quantitative estimate of drug-likeness (QED) is 0.108. The van der Waals surface area contributed by atoms with Crippen LogP contribution in [-0.4, -0.2) is 18.3 Å². The summed E-state index contributed by atoms with van der Waals surface area (Å²) in [6.07, 6.45) is 0. The summed E-state index contributed by atoms with van der Waals surface area (Å²) in [6, 6.07) is 177. The number of anilines is 6. The van der Waals surface area contributed by atoms with Crippen molar-refractivity contribution in [2.24, 2.45) is 0 Å². The Bertz CT molecular complexity index is 8480. The Morgan fingerprint density at radius 1 is 0.135 bits per heavy atom. The van der Waals surface area contributed by atoms with Crippen LogP contribution >= 0.6 is 0 Å². The normalized spacial score (nSPS) is 11.7. The molecule has 0 aliphatic heterocycles. The zero-order valence-corrected chi connectivity index (χ0v) is 68.9. The molecule has 6 nitrogen and oxygen atoms in total. The monoisotopic (exact) mass is 1600 g/mol. The molecule has 25 aromatic rings. The van der Waals surface area contributed by atoms with Crippen molar-refractivity contribution >= 4 is 154 Å². The van der Waals surface area contributed by atoms with Gasteiger partial charge in [-0.15, -0.1) is 0 Å². The Morgan fingerprint density at radius 2 is 0.405 bits per heavy atom. The van der Waals surface area contributed by atoms with Crippen LogP contribution in [0.1, 0.15) is 0 Å². The van der Waals surface area contributed by atoms with Crippen molar-refractivity contribution < 1.29 is 0 Å². The summed E-state index contributed by atoms with van der Waals surface area (Å²) in [6.45, 7) is 0. The average Bonchev–Trinajstić information content (AvgIpc) is 1.66. The molecule has 0 N–H and O–H groups in total. The summed E-state index contributed by atoms with van der Waals surface area (Å²) < 4.78 is 9.64. The number of rotatable bonds is 14. The summed E-state index contributed by atoms with van der Waals surface area (Å²) in [7, 11) is 0. The predicted octanol–water partition coefficient (Wildman–Crippen LogP) is 32.8. The van der Waals surface area contributed by atoms with Gasteiger partial charge in [0.05, 0.1) is 55.5 Å². The first-order valence-corrected chi connectivity index (χ1v) is 43.3. The molecule has 0 amide bonds. The molecule has 4 aromatic heterocycles. The first kappa shape index (κ1) is 73.1. The standard InChI is InChI=1S/C62H41N3.C58H39N3/c1-2-18-47(19-3-1)64-59-25-10-8-22-54(59)56-38-37-50(41-62(56)64)63(49-35-30-45(31-36-49)52-24-12-16-43-14-4-6-20-51(43)52)48-33-28-42(29-34-48)46-32-39-61-57(40-46)55-23-9-11-26-60(55)65(61)58-27-13-17-44-15-5-7-21-53(44)58;1-3-14-40(15-4-1)41-26-31-46(32-27-41)59(48-35-36-52-50-21-9-11-23-55(50)60(58(52)39-48)45-18-5-2-6-19-45)47-33-28-42(29-34-47)44-30-37-57-53(38-44)51-22-10-12-24-56(51)61(57)54-25-13-17-43-16-7-8-20-49(43)54/h1-41H;1-39H. The van der Waals surface area contributed by atoms with E-state index in [4.69, 9.17) is 0 Å². The van der Waals surface area contributed by atoms with Crippen LogP contribution in [0.25, 0.3) is 187 Å². The number of fused-ring (bicyclic) bond motifs is 15. The molecule has 0 fully saturated rings. The van der Waals surface area contributed by atoms with Crippen LogP contribution in [0.5, 0.6) is 0 Å². The van der Waals surface area contributed by atoms with Gasteiger partial charge in [-0.1, -0.05) is 328 Å². The second-order valence-corrected chi connectivity index (χ2v) is 32.7. The number of para-hydroxylation sites is 6. The van der Waals surface area contributed by atoms with E-state index in [1.54, 1.807) is 0 Å². The molecule has 21 aromatic carbocycles. The van der Waals surface area contributed by atoms with Crippen LogP contribution in [-0.2, 0) is 0 Å². The zero-order valence-electron chi connectivity index (χ0n) is 68.9. The third kappa shape index (κ3) is 12.6. The fourth-order valence-corrected chi connectivity index (χ4v) is 19.7. The molecule has 126 heavy (non-hydrogen) atoms. The van der Waals surface area contributed by atoms with Gasteiger partial charge in [-0.25, -0.2) is 0 Å². The molecule has 4 heterocycles. The van der Waals surface area contributed by atoms with E-state index in [1.165, 1.54) is 175 Å². The Balaban J connectivity index is 0.000000141. The largest absolute Gasteiger partial charge is 0.310 e. The summed E-state index contributed by atoms with van der Waals surface area (Å²) in [4.78, 5) is 4.77. The van der Waals surface area contributed by atoms with Crippen molar-refractivity contribution in [3.63, 3.8) is 0 Å². The van der Waals surface area contributed by atoms with Crippen molar-refractivity contribution in [1.82, 2.24) is 18.3 Å². The fraction of sp³-hybridized carbons (Fsp3) is 0. The van der Waals surface area contributed by atoms with Gasteiger partial charge in [-0.3, -0.25) is 0 Å². The lowest BCUT2D eigenvalue weighted by molar-refractivity contribution is 1.18. The minimum absolute atomic E-state index is 1.09. The fourth-order valence-electron chi connectivity index (χ4n) is 19.7. The zero-order chi connectivity index (χ0) is 83.1. The summed E-state index contributed by atoms with van der Waals surface area (Å²) >= 11 is 0. The number of hydrogen-bond donors (Lipinski definition) is 0. The lowest BCUT2D eigenvalue weighted by Crippen LogP contribution is -2.10. The van der Waals surface area contributed by atoms with Gasteiger partial charge in [0.1, 0.15) is 0 Å². The maximum Gasteiger partial charge on any atom is 0.0561 e. The van der Waals surface area contributed by atoms with E-state index in [-0.39, 0.29) is 0 Å². The van der Waals surface area contributed by atoms with Crippen molar-refractivity contribution in [1.29, 1.82) is 0 Å². The molecule has 0 saturated carbocycles. The molecule has 6 heteroatoms. The molecule has 590 valence electrons. The maximum absolute atomic E-state index is 2.43.